The number of rotatable bonds is 4. The predicted molar refractivity (Wildman–Crippen MR) is 76.5 cm³/mol. The maximum atomic E-state index is 13.1. The second-order valence-corrected chi connectivity index (χ2v) is 4.72. The Labute approximate surface area is 125 Å². The second-order valence-electron chi connectivity index (χ2n) is 4.31. The van der Waals surface area contributed by atoms with Gasteiger partial charge in [0.05, 0.1) is 5.02 Å². The molecule has 1 atom stereocenters. The average Bonchev–Trinajstić information content (AvgIpc) is 2.45. The first-order valence-corrected chi connectivity index (χ1v) is 6.52. The maximum Gasteiger partial charge on any atom is 0.265 e. The van der Waals surface area contributed by atoms with Crippen molar-refractivity contribution in [3.05, 3.63) is 59.1 Å². The zero-order chi connectivity index (χ0) is 15.4. The van der Waals surface area contributed by atoms with Crippen molar-refractivity contribution < 1.29 is 18.3 Å². The van der Waals surface area contributed by atoms with Crippen molar-refractivity contribution >= 4 is 23.2 Å². The van der Waals surface area contributed by atoms with Crippen LogP contribution in [0.2, 0.25) is 5.02 Å². The Morgan fingerprint density at radius 3 is 2.57 bits per heavy atom. The minimum atomic E-state index is -1.03. The maximum absolute atomic E-state index is 13.1. The number of hydrogen-bond donors (Lipinski definition) is 1. The van der Waals surface area contributed by atoms with Gasteiger partial charge in [-0.1, -0.05) is 23.7 Å². The molecule has 1 unspecified atom stereocenters. The van der Waals surface area contributed by atoms with Gasteiger partial charge in [0.15, 0.2) is 17.7 Å². The lowest BCUT2D eigenvalue weighted by Gasteiger charge is -2.15. The molecule has 0 aromatic heterocycles. The lowest BCUT2D eigenvalue weighted by atomic mass is 10.2. The first-order valence-electron chi connectivity index (χ1n) is 6.14. The summed E-state index contributed by atoms with van der Waals surface area (Å²) in [7, 11) is 0. The van der Waals surface area contributed by atoms with Crippen LogP contribution < -0.4 is 10.1 Å². The number of amides is 1. The van der Waals surface area contributed by atoms with Gasteiger partial charge in [-0.15, -0.1) is 0 Å². The molecule has 0 radical (unpaired) electrons. The van der Waals surface area contributed by atoms with E-state index >= 15 is 0 Å². The molecular formula is C15H12ClF2NO2. The van der Waals surface area contributed by atoms with Gasteiger partial charge in [0.2, 0.25) is 0 Å². The molecule has 1 N–H and O–H groups in total. The number of halogens is 3. The summed E-state index contributed by atoms with van der Waals surface area (Å²) in [4.78, 5) is 11.9. The minimum absolute atomic E-state index is 0.147. The average molecular weight is 312 g/mol. The van der Waals surface area contributed by atoms with E-state index in [1.54, 1.807) is 24.3 Å². The number of para-hydroxylation sites is 1. The van der Waals surface area contributed by atoms with E-state index in [1.807, 2.05) is 0 Å². The normalized spacial score (nSPS) is 11.8. The number of anilines is 1. The molecule has 110 valence electrons. The van der Waals surface area contributed by atoms with Gasteiger partial charge in [-0.25, -0.2) is 8.78 Å². The molecule has 0 aliphatic carbocycles. The van der Waals surface area contributed by atoms with Crippen LogP contribution in [0.3, 0.4) is 0 Å². The number of ether oxygens (including phenoxy) is 1. The summed E-state index contributed by atoms with van der Waals surface area (Å²) in [6.45, 7) is 1.53. The Hall–Kier alpha value is -2.14. The third-order valence-electron chi connectivity index (χ3n) is 2.70. The lowest BCUT2D eigenvalue weighted by molar-refractivity contribution is -0.122. The Morgan fingerprint density at radius 1 is 1.19 bits per heavy atom. The molecule has 1 amide bonds. The molecule has 21 heavy (non-hydrogen) atoms. The molecule has 6 heteroatoms. The van der Waals surface area contributed by atoms with E-state index in [2.05, 4.69) is 5.32 Å². The standard InChI is InChI=1S/C15H12ClF2NO2/c1-9(21-14-5-3-2-4-11(14)16)15(20)19-10-6-7-12(17)13(18)8-10/h2-9H,1H3,(H,19,20). The van der Waals surface area contributed by atoms with Crippen molar-refractivity contribution in [1.82, 2.24) is 0 Å². The fraction of sp³-hybridized carbons (Fsp3) is 0.133. The highest BCUT2D eigenvalue weighted by Crippen LogP contribution is 2.24. The van der Waals surface area contributed by atoms with Crippen LogP contribution in [0.1, 0.15) is 6.92 Å². The highest BCUT2D eigenvalue weighted by Gasteiger charge is 2.16. The fourth-order valence-electron chi connectivity index (χ4n) is 1.60. The number of carbonyl (C=O) groups is 1. The van der Waals surface area contributed by atoms with Gasteiger partial charge in [-0.2, -0.15) is 0 Å². The van der Waals surface area contributed by atoms with Gasteiger partial charge in [-0.05, 0) is 31.2 Å². The van der Waals surface area contributed by atoms with E-state index in [9.17, 15) is 13.6 Å². The zero-order valence-electron chi connectivity index (χ0n) is 11.1. The second kappa shape index (κ2) is 6.54. The van der Waals surface area contributed by atoms with Gasteiger partial charge in [0.1, 0.15) is 5.75 Å². The monoisotopic (exact) mass is 311 g/mol. The molecule has 0 fully saturated rings. The van der Waals surface area contributed by atoms with Crippen molar-refractivity contribution in [2.75, 3.05) is 5.32 Å². The van der Waals surface area contributed by atoms with Crippen LogP contribution in [-0.2, 0) is 4.79 Å². The van der Waals surface area contributed by atoms with Crippen molar-refractivity contribution in [3.63, 3.8) is 0 Å². The van der Waals surface area contributed by atoms with Crippen molar-refractivity contribution in [2.24, 2.45) is 0 Å². The van der Waals surface area contributed by atoms with E-state index in [0.29, 0.717) is 10.8 Å². The van der Waals surface area contributed by atoms with Gasteiger partial charge >= 0.3 is 0 Å². The first-order chi connectivity index (χ1) is 9.97. The van der Waals surface area contributed by atoms with Gasteiger partial charge < -0.3 is 10.1 Å². The van der Waals surface area contributed by atoms with Crippen LogP contribution in [0.25, 0.3) is 0 Å². The molecule has 2 rings (SSSR count). The van der Waals surface area contributed by atoms with Gasteiger partial charge in [0, 0.05) is 11.8 Å². The molecular weight excluding hydrogens is 300 g/mol. The SMILES string of the molecule is CC(Oc1ccccc1Cl)C(=O)Nc1ccc(F)c(F)c1. The summed E-state index contributed by atoms with van der Waals surface area (Å²) in [6.07, 6.45) is -0.849. The Kier molecular flexibility index (Phi) is 4.75. The Morgan fingerprint density at radius 2 is 1.90 bits per heavy atom. The van der Waals surface area contributed by atoms with Crippen LogP contribution in [0.4, 0.5) is 14.5 Å². The third-order valence-corrected chi connectivity index (χ3v) is 3.01. The van der Waals surface area contributed by atoms with Gasteiger partial charge in [0.25, 0.3) is 5.91 Å². The summed E-state index contributed by atoms with van der Waals surface area (Å²) in [6, 6.07) is 9.82. The van der Waals surface area contributed by atoms with Gasteiger partial charge in [-0.3, -0.25) is 4.79 Å². The quantitative estimate of drug-likeness (QED) is 0.926. The first kappa shape index (κ1) is 15.3. The number of benzene rings is 2. The number of carbonyl (C=O) groups excluding carboxylic acids is 1. The van der Waals surface area contributed by atoms with Crippen molar-refractivity contribution in [1.29, 1.82) is 0 Å². The predicted octanol–water partition coefficient (Wildman–Crippen LogP) is 4.02. The molecule has 0 heterocycles. The highest BCUT2D eigenvalue weighted by atomic mass is 35.5. The fourth-order valence-corrected chi connectivity index (χ4v) is 1.78. The topological polar surface area (TPSA) is 38.3 Å². The lowest BCUT2D eigenvalue weighted by Crippen LogP contribution is -2.30. The largest absolute Gasteiger partial charge is 0.479 e. The van der Waals surface area contributed by atoms with Crippen LogP contribution >= 0.6 is 11.6 Å². The van der Waals surface area contributed by atoms with Crippen LogP contribution in [-0.4, -0.2) is 12.0 Å². The number of hydrogen-bond acceptors (Lipinski definition) is 2. The van der Waals surface area contributed by atoms with E-state index < -0.39 is 23.6 Å². The summed E-state index contributed by atoms with van der Waals surface area (Å²) >= 11 is 5.92. The highest BCUT2D eigenvalue weighted by molar-refractivity contribution is 6.32. The minimum Gasteiger partial charge on any atom is -0.479 e. The number of nitrogens with one attached hydrogen (secondary N) is 1. The van der Waals surface area contributed by atoms with Crippen LogP contribution in [0.15, 0.2) is 42.5 Å². The van der Waals surface area contributed by atoms with Crippen LogP contribution in [0, 0.1) is 11.6 Å². The van der Waals surface area contributed by atoms with Crippen LogP contribution in [0.5, 0.6) is 5.75 Å². The van der Waals surface area contributed by atoms with Crippen molar-refractivity contribution in [2.45, 2.75) is 13.0 Å². The summed E-state index contributed by atoms with van der Waals surface area (Å²) < 4.78 is 31.3. The molecule has 0 saturated carbocycles. The Bertz CT molecular complexity index is 664. The van der Waals surface area contributed by atoms with Crippen molar-refractivity contribution in [3.8, 4) is 5.75 Å². The molecule has 2 aromatic carbocycles. The third kappa shape index (κ3) is 3.92. The molecule has 2 aromatic rings. The molecule has 0 bridgehead atoms. The summed E-state index contributed by atoms with van der Waals surface area (Å²) in [5.74, 6) is -2.14. The van der Waals surface area contributed by atoms with E-state index in [4.69, 9.17) is 16.3 Å². The van der Waals surface area contributed by atoms with E-state index in [1.165, 1.54) is 13.0 Å². The smallest absolute Gasteiger partial charge is 0.265 e. The molecule has 3 nitrogen and oxygen atoms in total. The summed E-state index contributed by atoms with van der Waals surface area (Å²) in [5.41, 5.74) is 0.147. The zero-order valence-corrected chi connectivity index (χ0v) is 11.8. The van der Waals surface area contributed by atoms with E-state index in [-0.39, 0.29) is 5.69 Å². The molecule has 0 saturated heterocycles. The Balaban J connectivity index is 2.02. The van der Waals surface area contributed by atoms with E-state index in [0.717, 1.165) is 12.1 Å². The summed E-state index contributed by atoms with van der Waals surface area (Å²) in [5, 5.41) is 2.82. The molecule has 0 aliphatic heterocycles. The molecule has 0 spiro atoms. The molecule has 0 aliphatic rings.